The van der Waals surface area contributed by atoms with Gasteiger partial charge in [0.05, 0.1) is 7.11 Å². The van der Waals surface area contributed by atoms with E-state index in [0.29, 0.717) is 25.1 Å². The highest BCUT2D eigenvalue weighted by Gasteiger charge is 2.31. The number of thioether (sulfide) groups is 1. The molecule has 114 valence electrons. The lowest BCUT2D eigenvalue weighted by atomic mass is 10.1. The second kappa shape index (κ2) is 7.36. The van der Waals surface area contributed by atoms with E-state index in [2.05, 4.69) is 0 Å². The maximum absolute atomic E-state index is 12.2. The molecule has 5 nitrogen and oxygen atoms in total. The highest BCUT2D eigenvalue weighted by Crippen LogP contribution is 2.19. The van der Waals surface area contributed by atoms with E-state index >= 15 is 0 Å². The molecule has 1 aromatic carbocycles. The zero-order chi connectivity index (χ0) is 15.2. The number of hydrogen-bond donors (Lipinski definition) is 1. The molecule has 6 heteroatoms. The van der Waals surface area contributed by atoms with Crippen molar-refractivity contribution in [1.82, 2.24) is 4.90 Å². The van der Waals surface area contributed by atoms with Gasteiger partial charge in [-0.25, -0.2) is 4.79 Å². The number of aliphatic carboxylic acids is 1. The van der Waals surface area contributed by atoms with Gasteiger partial charge in [-0.05, 0) is 24.1 Å². The summed E-state index contributed by atoms with van der Waals surface area (Å²) in [4.78, 5) is 24.9. The molecule has 1 amide bonds. The molecule has 2 rings (SSSR count). The van der Waals surface area contributed by atoms with Crippen molar-refractivity contribution >= 4 is 23.6 Å². The number of aryl methyl sites for hydroxylation is 1. The van der Waals surface area contributed by atoms with Crippen molar-refractivity contribution in [3.8, 4) is 5.75 Å². The van der Waals surface area contributed by atoms with Gasteiger partial charge in [-0.15, -0.1) is 0 Å². The third-order valence-electron chi connectivity index (χ3n) is 3.52. The number of methoxy groups -OCH3 is 1. The number of nitrogens with zero attached hydrogens (tertiary/aromatic N) is 1. The molecule has 1 aromatic rings. The Bertz CT molecular complexity index is 503. The predicted octanol–water partition coefficient (Wildman–Crippen LogP) is 1.66. The summed E-state index contributed by atoms with van der Waals surface area (Å²) in [7, 11) is 1.61. The molecule has 1 N–H and O–H groups in total. The van der Waals surface area contributed by atoms with E-state index in [-0.39, 0.29) is 5.91 Å². The fourth-order valence-corrected chi connectivity index (χ4v) is 3.33. The number of carboxylic acid groups (broad SMARTS) is 1. The Morgan fingerprint density at radius 3 is 2.71 bits per heavy atom. The fourth-order valence-electron chi connectivity index (χ4n) is 2.29. The highest BCUT2D eigenvalue weighted by molar-refractivity contribution is 7.99. The Balaban J connectivity index is 1.91. The Labute approximate surface area is 128 Å². The number of benzene rings is 1. The molecule has 0 aliphatic carbocycles. The van der Waals surface area contributed by atoms with Gasteiger partial charge in [-0.1, -0.05) is 12.1 Å². The maximum Gasteiger partial charge on any atom is 0.327 e. The van der Waals surface area contributed by atoms with Crippen LogP contribution in [-0.4, -0.2) is 53.1 Å². The van der Waals surface area contributed by atoms with Crippen LogP contribution in [0.25, 0.3) is 0 Å². The van der Waals surface area contributed by atoms with E-state index in [1.165, 1.54) is 4.90 Å². The predicted molar refractivity (Wildman–Crippen MR) is 81.8 cm³/mol. The van der Waals surface area contributed by atoms with Crippen LogP contribution in [0.2, 0.25) is 0 Å². The molecular weight excluding hydrogens is 290 g/mol. The fraction of sp³-hybridized carbons (Fsp3) is 0.467. The minimum Gasteiger partial charge on any atom is -0.497 e. The van der Waals surface area contributed by atoms with Gasteiger partial charge in [0.1, 0.15) is 11.8 Å². The monoisotopic (exact) mass is 309 g/mol. The van der Waals surface area contributed by atoms with Crippen LogP contribution < -0.4 is 4.74 Å². The Morgan fingerprint density at radius 1 is 1.38 bits per heavy atom. The second-order valence-electron chi connectivity index (χ2n) is 4.86. The molecule has 1 aliphatic heterocycles. The summed E-state index contributed by atoms with van der Waals surface area (Å²) in [5.74, 6) is 1.06. The molecule has 1 atom stereocenters. The van der Waals surface area contributed by atoms with Crippen molar-refractivity contribution in [3.63, 3.8) is 0 Å². The van der Waals surface area contributed by atoms with Crippen molar-refractivity contribution < 1.29 is 19.4 Å². The first-order chi connectivity index (χ1) is 10.1. The van der Waals surface area contributed by atoms with E-state index in [9.17, 15) is 14.7 Å². The Hall–Kier alpha value is -1.69. The molecule has 1 aliphatic rings. The number of hydrogen-bond acceptors (Lipinski definition) is 4. The van der Waals surface area contributed by atoms with E-state index < -0.39 is 12.0 Å². The Morgan fingerprint density at radius 2 is 2.10 bits per heavy atom. The molecular formula is C15H19NO4S. The van der Waals surface area contributed by atoms with E-state index in [1.54, 1.807) is 18.9 Å². The number of carbonyl (C=O) groups is 2. The summed E-state index contributed by atoms with van der Waals surface area (Å²) in [5.41, 5.74) is 1.04. The summed E-state index contributed by atoms with van der Waals surface area (Å²) < 4.78 is 5.09. The number of ether oxygens (including phenoxy) is 1. The molecule has 0 bridgehead atoms. The SMILES string of the molecule is COc1ccc(CCC(=O)N2CCSCC2C(=O)O)cc1. The lowest BCUT2D eigenvalue weighted by molar-refractivity contribution is -0.149. The van der Waals surface area contributed by atoms with Crippen molar-refractivity contribution in [1.29, 1.82) is 0 Å². The van der Waals surface area contributed by atoms with Crippen LogP contribution in [0.1, 0.15) is 12.0 Å². The van der Waals surface area contributed by atoms with Crippen molar-refractivity contribution in [2.24, 2.45) is 0 Å². The van der Waals surface area contributed by atoms with Gasteiger partial charge < -0.3 is 14.7 Å². The zero-order valence-corrected chi connectivity index (χ0v) is 12.8. The third kappa shape index (κ3) is 4.14. The first-order valence-corrected chi connectivity index (χ1v) is 8.00. The number of rotatable bonds is 5. The van der Waals surface area contributed by atoms with E-state index in [0.717, 1.165) is 17.1 Å². The van der Waals surface area contributed by atoms with Crippen LogP contribution in [0.3, 0.4) is 0 Å². The van der Waals surface area contributed by atoms with Crippen LogP contribution in [-0.2, 0) is 16.0 Å². The van der Waals surface area contributed by atoms with Gasteiger partial charge >= 0.3 is 5.97 Å². The molecule has 0 saturated carbocycles. The number of amides is 1. The maximum atomic E-state index is 12.2. The van der Waals surface area contributed by atoms with Crippen molar-refractivity contribution in [2.75, 3.05) is 25.2 Å². The van der Waals surface area contributed by atoms with Gasteiger partial charge in [0.2, 0.25) is 5.91 Å². The van der Waals surface area contributed by atoms with E-state index in [1.807, 2.05) is 24.3 Å². The molecule has 0 radical (unpaired) electrons. The average Bonchev–Trinajstić information content (AvgIpc) is 2.53. The smallest absolute Gasteiger partial charge is 0.327 e. The van der Waals surface area contributed by atoms with Gasteiger partial charge in [0, 0.05) is 24.5 Å². The highest BCUT2D eigenvalue weighted by atomic mass is 32.2. The zero-order valence-electron chi connectivity index (χ0n) is 11.9. The summed E-state index contributed by atoms with van der Waals surface area (Å²) in [6, 6.07) is 6.88. The van der Waals surface area contributed by atoms with Gasteiger partial charge in [0.15, 0.2) is 0 Å². The molecule has 1 saturated heterocycles. The molecule has 1 unspecified atom stereocenters. The van der Waals surface area contributed by atoms with Crippen LogP contribution in [0.4, 0.5) is 0 Å². The van der Waals surface area contributed by atoms with E-state index in [4.69, 9.17) is 4.74 Å². The minimum atomic E-state index is -0.917. The van der Waals surface area contributed by atoms with Crippen LogP contribution >= 0.6 is 11.8 Å². The normalized spacial score (nSPS) is 18.3. The van der Waals surface area contributed by atoms with Crippen LogP contribution in [0.5, 0.6) is 5.75 Å². The van der Waals surface area contributed by atoms with Gasteiger partial charge in [0.25, 0.3) is 0 Å². The van der Waals surface area contributed by atoms with Gasteiger partial charge in [-0.3, -0.25) is 4.79 Å². The summed E-state index contributed by atoms with van der Waals surface area (Å²) >= 11 is 1.58. The standard InChI is InChI=1S/C15H19NO4S/c1-20-12-5-2-11(3-6-12)4-7-14(17)16-8-9-21-10-13(16)15(18)19/h2-3,5-6,13H,4,7-10H2,1H3,(H,18,19). The number of carbonyl (C=O) groups excluding carboxylic acids is 1. The first kappa shape index (κ1) is 15.7. The van der Waals surface area contributed by atoms with Crippen LogP contribution in [0, 0.1) is 0 Å². The quantitative estimate of drug-likeness (QED) is 0.896. The molecule has 1 fully saturated rings. The van der Waals surface area contributed by atoms with Gasteiger partial charge in [-0.2, -0.15) is 11.8 Å². The third-order valence-corrected chi connectivity index (χ3v) is 4.54. The van der Waals surface area contributed by atoms with Crippen molar-refractivity contribution in [2.45, 2.75) is 18.9 Å². The molecule has 0 aromatic heterocycles. The van der Waals surface area contributed by atoms with Crippen molar-refractivity contribution in [3.05, 3.63) is 29.8 Å². The minimum absolute atomic E-state index is 0.0847. The lowest BCUT2D eigenvalue weighted by Gasteiger charge is -2.32. The largest absolute Gasteiger partial charge is 0.497 e. The second-order valence-corrected chi connectivity index (χ2v) is 6.01. The summed E-state index contributed by atoms with van der Waals surface area (Å²) in [6.07, 6.45) is 0.944. The lowest BCUT2D eigenvalue weighted by Crippen LogP contribution is -2.50. The Kier molecular flexibility index (Phi) is 5.50. The average molecular weight is 309 g/mol. The summed E-state index contributed by atoms with van der Waals surface area (Å²) in [5, 5.41) is 9.18. The molecule has 1 heterocycles. The topological polar surface area (TPSA) is 66.8 Å². The van der Waals surface area contributed by atoms with Crippen LogP contribution in [0.15, 0.2) is 24.3 Å². The summed E-state index contributed by atoms with van der Waals surface area (Å²) in [6.45, 7) is 0.517. The molecule has 0 spiro atoms. The number of carboxylic acids is 1. The first-order valence-electron chi connectivity index (χ1n) is 6.85. The molecule has 21 heavy (non-hydrogen) atoms.